The Labute approximate surface area is 93.7 Å². The van der Waals surface area contributed by atoms with Gasteiger partial charge in [0.05, 0.1) is 15.6 Å². The zero-order chi connectivity index (χ0) is 10.6. The molecule has 1 aromatic rings. The number of fused-ring (bicyclic) bond motifs is 1. The van der Waals surface area contributed by atoms with Crippen LogP contribution >= 0.6 is 11.3 Å². The van der Waals surface area contributed by atoms with Crippen LogP contribution in [-0.2, 0) is 6.42 Å². The summed E-state index contributed by atoms with van der Waals surface area (Å²) >= 11 is 1.65. The summed E-state index contributed by atoms with van der Waals surface area (Å²) in [6.07, 6.45) is 4.19. The maximum atomic E-state index is 11.9. The van der Waals surface area contributed by atoms with Gasteiger partial charge in [-0.05, 0) is 24.7 Å². The predicted molar refractivity (Wildman–Crippen MR) is 60.5 cm³/mol. The highest BCUT2D eigenvalue weighted by Crippen LogP contribution is 2.45. The van der Waals surface area contributed by atoms with Crippen LogP contribution in [0.5, 0.6) is 0 Å². The van der Waals surface area contributed by atoms with Gasteiger partial charge in [-0.2, -0.15) is 0 Å². The van der Waals surface area contributed by atoms with Crippen LogP contribution in [0.25, 0.3) is 0 Å². The maximum absolute atomic E-state index is 11.9. The molecule has 2 aliphatic rings. The van der Waals surface area contributed by atoms with Crippen LogP contribution in [-0.4, -0.2) is 10.8 Å². The molecule has 1 heterocycles. The van der Waals surface area contributed by atoms with E-state index in [2.05, 4.69) is 18.8 Å². The van der Waals surface area contributed by atoms with Crippen LogP contribution in [0.2, 0.25) is 0 Å². The molecule has 0 amide bonds. The molecule has 1 fully saturated rings. The van der Waals surface area contributed by atoms with Gasteiger partial charge in [0.25, 0.3) is 0 Å². The van der Waals surface area contributed by atoms with Crippen LogP contribution in [0.3, 0.4) is 0 Å². The summed E-state index contributed by atoms with van der Waals surface area (Å²) in [6.45, 7) is 4.31. The van der Waals surface area contributed by atoms with Gasteiger partial charge in [-0.3, -0.25) is 4.79 Å². The normalized spacial score (nSPS) is 24.0. The molecule has 0 N–H and O–H groups in total. The largest absolute Gasteiger partial charge is 0.293 e. The van der Waals surface area contributed by atoms with Gasteiger partial charge in [-0.25, -0.2) is 4.98 Å². The molecule has 1 aromatic heterocycles. The molecule has 0 unspecified atom stereocenters. The summed E-state index contributed by atoms with van der Waals surface area (Å²) in [7, 11) is 0. The van der Waals surface area contributed by atoms with E-state index in [4.69, 9.17) is 0 Å². The Bertz CT molecular complexity index is 429. The lowest BCUT2D eigenvalue weighted by Gasteiger charge is -2.26. The number of Topliss-reactive ketones (excluding diaryl/α,β-unsaturated/α-hetero) is 1. The van der Waals surface area contributed by atoms with Gasteiger partial charge in [-0.15, -0.1) is 11.3 Å². The molecule has 0 bridgehead atoms. The first-order valence-electron chi connectivity index (χ1n) is 5.58. The Balaban J connectivity index is 2.02. The first-order valence-corrected chi connectivity index (χ1v) is 6.40. The van der Waals surface area contributed by atoms with E-state index in [1.165, 1.54) is 17.8 Å². The molecule has 15 heavy (non-hydrogen) atoms. The minimum Gasteiger partial charge on any atom is -0.293 e. The average Bonchev–Trinajstić information content (AvgIpc) is 2.86. The van der Waals surface area contributed by atoms with Crippen molar-refractivity contribution >= 4 is 17.1 Å². The SMILES string of the molecule is CC1(C)CC(=O)c2sc(C3CC3)nc2C1. The van der Waals surface area contributed by atoms with Crippen molar-refractivity contribution in [2.45, 2.75) is 45.4 Å². The van der Waals surface area contributed by atoms with Crippen molar-refractivity contribution in [1.29, 1.82) is 0 Å². The number of carbonyl (C=O) groups is 1. The quantitative estimate of drug-likeness (QED) is 0.729. The lowest BCUT2D eigenvalue weighted by atomic mass is 9.78. The Morgan fingerprint density at radius 3 is 2.73 bits per heavy atom. The van der Waals surface area contributed by atoms with Gasteiger partial charge in [0, 0.05) is 12.3 Å². The molecule has 3 heteroatoms. The number of rotatable bonds is 1. The summed E-state index contributed by atoms with van der Waals surface area (Å²) in [4.78, 5) is 17.5. The van der Waals surface area contributed by atoms with Gasteiger partial charge in [0.15, 0.2) is 5.78 Å². The Hall–Kier alpha value is -0.700. The van der Waals surface area contributed by atoms with E-state index >= 15 is 0 Å². The van der Waals surface area contributed by atoms with Gasteiger partial charge in [0.1, 0.15) is 0 Å². The maximum Gasteiger partial charge on any atom is 0.175 e. The lowest BCUT2D eigenvalue weighted by molar-refractivity contribution is 0.0916. The van der Waals surface area contributed by atoms with Crippen molar-refractivity contribution in [2.24, 2.45) is 5.41 Å². The summed E-state index contributed by atoms with van der Waals surface area (Å²) in [6, 6.07) is 0. The Morgan fingerprint density at radius 1 is 1.33 bits per heavy atom. The molecule has 0 radical (unpaired) electrons. The molecule has 0 aliphatic heterocycles. The van der Waals surface area contributed by atoms with Gasteiger partial charge >= 0.3 is 0 Å². The zero-order valence-corrected chi connectivity index (χ0v) is 9.99. The summed E-state index contributed by atoms with van der Waals surface area (Å²) in [5, 5.41) is 1.21. The van der Waals surface area contributed by atoms with E-state index in [0.717, 1.165) is 17.0 Å². The smallest absolute Gasteiger partial charge is 0.175 e. The van der Waals surface area contributed by atoms with E-state index in [1.807, 2.05) is 0 Å². The van der Waals surface area contributed by atoms with Crippen LogP contribution in [0.4, 0.5) is 0 Å². The third-order valence-corrected chi connectivity index (χ3v) is 4.48. The summed E-state index contributed by atoms with van der Waals surface area (Å²) in [5.41, 5.74) is 1.18. The van der Waals surface area contributed by atoms with Crippen molar-refractivity contribution in [3.05, 3.63) is 15.6 Å². The number of hydrogen-bond donors (Lipinski definition) is 0. The highest BCUT2D eigenvalue weighted by molar-refractivity contribution is 7.14. The van der Waals surface area contributed by atoms with Crippen LogP contribution in [0, 0.1) is 5.41 Å². The van der Waals surface area contributed by atoms with Crippen LogP contribution < -0.4 is 0 Å². The molecule has 0 spiro atoms. The molecular weight excluding hydrogens is 206 g/mol. The number of ketones is 1. The molecule has 0 aromatic carbocycles. The topological polar surface area (TPSA) is 30.0 Å². The fourth-order valence-corrected chi connectivity index (χ4v) is 3.43. The summed E-state index contributed by atoms with van der Waals surface area (Å²) < 4.78 is 0. The third-order valence-electron chi connectivity index (χ3n) is 3.18. The van der Waals surface area contributed by atoms with Crippen molar-refractivity contribution in [3.63, 3.8) is 0 Å². The minimum absolute atomic E-state index is 0.110. The second kappa shape index (κ2) is 2.91. The summed E-state index contributed by atoms with van der Waals surface area (Å²) in [5.74, 6) is 0.988. The average molecular weight is 221 g/mol. The van der Waals surface area contributed by atoms with Crippen LogP contribution in [0.15, 0.2) is 0 Å². The molecule has 0 saturated heterocycles. The van der Waals surface area contributed by atoms with Crippen molar-refractivity contribution in [3.8, 4) is 0 Å². The Morgan fingerprint density at radius 2 is 2.07 bits per heavy atom. The third kappa shape index (κ3) is 1.63. The number of aromatic nitrogens is 1. The van der Waals surface area contributed by atoms with Gasteiger partial charge < -0.3 is 0 Å². The monoisotopic (exact) mass is 221 g/mol. The fraction of sp³-hybridized carbons (Fsp3) is 0.667. The lowest BCUT2D eigenvalue weighted by Crippen LogP contribution is -2.25. The molecule has 2 nitrogen and oxygen atoms in total. The molecular formula is C12H15NOS. The number of carbonyl (C=O) groups excluding carboxylic acids is 1. The predicted octanol–water partition coefficient (Wildman–Crippen LogP) is 3.18. The fourth-order valence-electron chi connectivity index (χ4n) is 2.24. The van der Waals surface area contributed by atoms with Crippen molar-refractivity contribution < 1.29 is 4.79 Å². The van der Waals surface area contributed by atoms with Crippen molar-refractivity contribution in [2.75, 3.05) is 0 Å². The van der Waals surface area contributed by atoms with E-state index in [9.17, 15) is 4.79 Å². The standard InChI is InChI=1S/C12H15NOS/c1-12(2)5-8-10(9(14)6-12)15-11(13-8)7-3-4-7/h7H,3-6H2,1-2H3. The van der Waals surface area contributed by atoms with E-state index in [-0.39, 0.29) is 5.41 Å². The highest BCUT2D eigenvalue weighted by atomic mass is 32.1. The molecule has 3 rings (SSSR count). The van der Waals surface area contributed by atoms with Crippen molar-refractivity contribution in [1.82, 2.24) is 4.98 Å². The van der Waals surface area contributed by atoms with Crippen LogP contribution in [0.1, 0.15) is 59.4 Å². The van der Waals surface area contributed by atoms with Gasteiger partial charge in [0.2, 0.25) is 0 Å². The second-order valence-electron chi connectivity index (χ2n) is 5.54. The minimum atomic E-state index is 0.110. The number of thiazole rings is 1. The van der Waals surface area contributed by atoms with E-state index in [1.54, 1.807) is 11.3 Å². The van der Waals surface area contributed by atoms with E-state index in [0.29, 0.717) is 18.1 Å². The molecule has 80 valence electrons. The first kappa shape index (κ1) is 9.52. The molecule has 2 aliphatic carbocycles. The first-order chi connectivity index (χ1) is 7.05. The highest BCUT2D eigenvalue weighted by Gasteiger charge is 2.36. The number of nitrogens with zero attached hydrogens (tertiary/aromatic N) is 1. The number of hydrogen-bond acceptors (Lipinski definition) is 3. The molecule has 0 atom stereocenters. The zero-order valence-electron chi connectivity index (χ0n) is 9.17. The van der Waals surface area contributed by atoms with E-state index < -0.39 is 0 Å². The molecule has 1 saturated carbocycles. The second-order valence-corrected chi connectivity index (χ2v) is 6.57. The Kier molecular flexibility index (Phi) is 1.85. The van der Waals surface area contributed by atoms with Gasteiger partial charge in [-0.1, -0.05) is 13.8 Å².